The van der Waals surface area contributed by atoms with Gasteiger partial charge in [-0.05, 0) is 32.2 Å². The SMILES string of the molecule is NCCCCC(N)C(=O)NC(CS)C(=O)NC(CCC(=O)O)C(=O)NC(CCC(=O)O)C(=O)O. The molecule has 0 rings (SSSR count). The van der Waals surface area contributed by atoms with E-state index < -0.39 is 79.1 Å². The lowest BCUT2D eigenvalue weighted by Crippen LogP contribution is -2.57. The van der Waals surface area contributed by atoms with Crippen LogP contribution in [-0.2, 0) is 28.8 Å². The number of thiol groups is 1. The number of hydrogen-bond donors (Lipinski definition) is 9. The Morgan fingerprint density at radius 1 is 0.706 bits per heavy atom. The van der Waals surface area contributed by atoms with Crippen LogP contribution in [0.3, 0.4) is 0 Å². The summed E-state index contributed by atoms with van der Waals surface area (Å²) in [6.07, 6.45) is -0.274. The van der Waals surface area contributed by atoms with Crippen LogP contribution in [0.15, 0.2) is 0 Å². The molecule has 0 fully saturated rings. The first-order chi connectivity index (χ1) is 15.9. The second-order valence-corrected chi connectivity index (χ2v) is 7.83. The van der Waals surface area contributed by atoms with Crippen LogP contribution in [0.2, 0.25) is 0 Å². The lowest BCUT2D eigenvalue weighted by molar-refractivity contribution is -0.144. The maximum Gasteiger partial charge on any atom is 0.326 e. The minimum Gasteiger partial charge on any atom is -0.481 e. The molecule has 0 aliphatic heterocycles. The van der Waals surface area contributed by atoms with Gasteiger partial charge in [0.15, 0.2) is 0 Å². The smallest absolute Gasteiger partial charge is 0.326 e. The zero-order valence-corrected chi connectivity index (χ0v) is 19.5. The predicted octanol–water partition coefficient (Wildman–Crippen LogP) is -2.36. The molecule has 0 saturated carbocycles. The lowest BCUT2D eigenvalue weighted by Gasteiger charge is -2.24. The molecule has 0 aliphatic carbocycles. The van der Waals surface area contributed by atoms with Crippen LogP contribution >= 0.6 is 12.6 Å². The summed E-state index contributed by atoms with van der Waals surface area (Å²) in [5.41, 5.74) is 11.2. The first-order valence-corrected chi connectivity index (χ1v) is 11.2. The summed E-state index contributed by atoms with van der Waals surface area (Å²) in [5.74, 6) is -6.72. The van der Waals surface area contributed by atoms with Gasteiger partial charge in [-0.1, -0.05) is 6.42 Å². The third-order valence-corrected chi connectivity index (χ3v) is 5.03. The summed E-state index contributed by atoms with van der Waals surface area (Å²) in [4.78, 5) is 70.4. The quantitative estimate of drug-likeness (QED) is 0.0700. The minimum absolute atomic E-state index is 0.170. The Balaban J connectivity index is 5.27. The first kappa shape index (κ1) is 31.1. The van der Waals surface area contributed by atoms with Gasteiger partial charge < -0.3 is 42.7 Å². The van der Waals surface area contributed by atoms with Crippen molar-refractivity contribution in [3.63, 3.8) is 0 Å². The molecular weight excluding hydrogens is 474 g/mol. The van der Waals surface area contributed by atoms with Crippen molar-refractivity contribution in [2.75, 3.05) is 12.3 Å². The van der Waals surface area contributed by atoms with Crippen LogP contribution in [0.1, 0.15) is 44.9 Å². The van der Waals surface area contributed by atoms with Crippen molar-refractivity contribution in [1.29, 1.82) is 0 Å². The highest BCUT2D eigenvalue weighted by Crippen LogP contribution is 2.05. The van der Waals surface area contributed by atoms with Gasteiger partial charge >= 0.3 is 17.9 Å². The van der Waals surface area contributed by atoms with E-state index in [2.05, 4.69) is 28.6 Å². The number of amides is 3. The van der Waals surface area contributed by atoms with Gasteiger partial charge in [0, 0.05) is 18.6 Å². The summed E-state index contributed by atoms with van der Waals surface area (Å²) >= 11 is 4.01. The first-order valence-electron chi connectivity index (χ1n) is 10.6. The van der Waals surface area contributed by atoms with E-state index in [0.717, 1.165) is 0 Å². The molecule has 0 saturated heterocycles. The van der Waals surface area contributed by atoms with Crippen molar-refractivity contribution < 1.29 is 44.1 Å². The van der Waals surface area contributed by atoms with E-state index in [1.165, 1.54) is 0 Å². The largest absolute Gasteiger partial charge is 0.481 e. The standard InChI is InChI=1S/C19H33N5O9S/c20-8-2-1-3-10(21)16(29)24-13(9-34)18(31)22-11(4-6-14(25)26)17(30)23-12(19(32)33)5-7-15(27)28/h10-13,34H,1-9,20-21H2,(H,22,31)(H,23,30)(H,24,29)(H,25,26)(H,27,28)(H,32,33). The normalized spacial score (nSPS) is 14.2. The van der Waals surface area contributed by atoms with Gasteiger partial charge in [-0.3, -0.25) is 24.0 Å². The van der Waals surface area contributed by atoms with E-state index in [0.29, 0.717) is 25.8 Å². The third-order valence-electron chi connectivity index (χ3n) is 4.66. The van der Waals surface area contributed by atoms with Crippen molar-refractivity contribution in [3.05, 3.63) is 0 Å². The molecule has 194 valence electrons. The number of hydrogen-bond acceptors (Lipinski definition) is 9. The number of carbonyl (C=O) groups excluding carboxylic acids is 3. The van der Waals surface area contributed by atoms with Gasteiger partial charge in [0.25, 0.3) is 0 Å². The molecule has 0 bridgehead atoms. The molecule has 0 aliphatic rings. The van der Waals surface area contributed by atoms with Gasteiger partial charge in [-0.25, -0.2) is 4.79 Å². The number of nitrogens with one attached hydrogen (secondary N) is 3. The minimum atomic E-state index is -1.57. The van der Waals surface area contributed by atoms with Crippen molar-refractivity contribution in [3.8, 4) is 0 Å². The van der Waals surface area contributed by atoms with Gasteiger partial charge in [0.1, 0.15) is 18.1 Å². The van der Waals surface area contributed by atoms with Crippen LogP contribution < -0.4 is 27.4 Å². The fraction of sp³-hybridized carbons (Fsp3) is 0.684. The molecule has 0 spiro atoms. The van der Waals surface area contributed by atoms with Crippen molar-refractivity contribution in [2.45, 2.75) is 69.1 Å². The van der Waals surface area contributed by atoms with Gasteiger partial charge in [0.05, 0.1) is 6.04 Å². The second kappa shape index (κ2) is 16.7. The molecule has 0 heterocycles. The maximum atomic E-state index is 12.6. The highest BCUT2D eigenvalue weighted by Gasteiger charge is 2.30. The Morgan fingerprint density at radius 2 is 1.18 bits per heavy atom. The third kappa shape index (κ3) is 13.0. The van der Waals surface area contributed by atoms with Gasteiger partial charge in [0.2, 0.25) is 17.7 Å². The van der Waals surface area contributed by atoms with Crippen LogP contribution in [0.4, 0.5) is 0 Å². The summed E-state index contributed by atoms with van der Waals surface area (Å²) in [7, 11) is 0. The fourth-order valence-corrected chi connectivity index (χ4v) is 2.98. The summed E-state index contributed by atoms with van der Waals surface area (Å²) in [5, 5.41) is 33.6. The van der Waals surface area contributed by atoms with Crippen LogP contribution in [-0.4, -0.2) is 87.4 Å². The number of carboxylic acid groups (broad SMARTS) is 3. The zero-order chi connectivity index (χ0) is 26.3. The van der Waals surface area contributed by atoms with E-state index in [1.807, 2.05) is 0 Å². The molecule has 34 heavy (non-hydrogen) atoms. The molecule has 0 aromatic carbocycles. The summed E-state index contributed by atoms with van der Waals surface area (Å²) < 4.78 is 0. The molecule has 4 atom stereocenters. The Labute approximate surface area is 201 Å². The number of carboxylic acids is 3. The second-order valence-electron chi connectivity index (χ2n) is 7.46. The highest BCUT2D eigenvalue weighted by atomic mass is 32.1. The summed E-state index contributed by atoms with van der Waals surface area (Å²) in [6.45, 7) is 0.439. The summed E-state index contributed by atoms with van der Waals surface area (Å²) in [6, 6.07) is -5.15. The molecule has 0 aromatic heterocycles. The Morgan fingerprint density at radius 3 is 1.65 bits per heavy atom. The number of rotatable bonds is 18. The molecular formula is C19H33N5O9S. The Bertz CT molecular complexity index is 737. The molecule has 14 nitrogen and oxygen atoms in total. The number of aliphatic carboxylic acids is 3. The average Bonchev–Trinajstić information content (AvgIpc) is 2.76. The topological polar surface area (TPSA) is 251 Å². The number of carbonyl (C=O) groups is 6. The van der Waals surface area contributed by atoms with E-state index in [9.17, 15) is 33.9 Å². The maximum absolute atomic E-state index is 12.6. The predicted molar refractivity (Wildman–Crippen MR) is 122 cm³/mol. The van der Waals surface area contributed by atoms with E-state index >= 15 is 0 Å². The average molecular weight is 508 g/mol. The molecule has 4 unspecified atom stereocenters. The van der Waals surface area contributed by atoms with Crippen LogP contribution in [0.25, 0.3) is 0 Å². The molecule has 3 amide bonds. The molecule has 15 heteroatoms. The Hall–Kier alpha value is -2.91. The van der Waals surface area contributed by atoms with Crippen molar-refractivity contribution in [2.24, 2.45) is 11.5 Å². The molecule has 10 N–H and O–H groups in total. The number of unbranched alkanes of at least 4 members (excludes halogenated alkanes) is 1. The van der Waals surface area contributed by atoms with E-state index in [4.69, 9.17) is 21.7 Å². The lowest BCUT2D eigenvalue weighted by atomic mass is 10.1. The fourth-order valence-electron chi connectivity index (χ4n) is 2.72. The van der Waals surface area contributed by atoms with Crippen molar-refractivity contribution in [1.82, 2.24) is 16.0 Å². The zero-order valence-electron chi connectivity index (χ0n) is 18.6. The molecule has 0 radical (unpaired) electrons. The molecule has 0 aromatic rings. The highest BCUT2D eigenvalue weighted by molar-refractivity contribution is 7.80. The Kier molecular flexibility index (Phi) is 15.2. The monoisotopic (exact) mass is 507 g/mol. The van der Waals surface area contributed by atoms with Crippen molar-refractivity contribution >= 4 is 48.3 Å². The van der Waals surface area contributed by atoms with Crippen LogP contribution in [0, 0.1) is 0 Å². The van der Waals surface area contributed by atoms with E-state index in [1.54, 1.807) is 0 Å². The van der Waals surface area contributed by atoms with Gasteiger partial charge in [-0.2, -0.15) is 12.6 Å². The number of nitrogens with two attached hydrogens (primary N) is 2. The van der Waals surface area contributed by atoms with Crippen LogP contribution in [0.5, 0.6) is 0 Å². The van der Waals surface area contributed by atoms with Gasteiger partial charge in [-0.15, -0.1) is 0 Å². The van der Waals surface area contributed by atoms with E-state index in [-0.39, 0.29) is 12.2 Å².